The highest BCUT2D eigenvalue weighted by molar-refractivity contribution is 6.10. The van der Waals surface area contributed by atoms with Gasteiger partial charge in [-0.2, -0.15) is 0 Å². The Balaban J connectivity index is 0.619. The molecule has 16 rings (SSSR count). The van der Waals surface area contributed by atoms with Gasteiger partial charge in [0.2, 0.25) is 0 Å². The number of rotatable bonds is 33. The largest absolute Gasteiger partial charge is 0.508 e. The van der Waals surface area contributed by atoms with Gasteiger partial charge in [0.25, 0.3) is 0 Å². The highest BCUT2D eigenvalue weighted by atomic mass is 16.5. The third-order valence-corrected chi connectivity index (χ3v) is 19.8. The zero-order valence-electron chi connectivity index (χ0n) is 58.0. The minimum absolute atomic E-state index is 0.168. The first-order valence-electron chi connectivity index (χ1n) is 36.4. The van der Waals surface area contributed by atoms with Crippen molar-refractivity contribution >= 4 is 87.2 Å². The maximum absolute atomic E-state index is 10.1. The van der Waals surface area contributed by atoms with Crippen molar-refractivity contribution in [3.05, 3.63) is 290 Å². The molecule has 0 aliphatic heterocycles. The van der Waals surface area contributed by atoms with Crippen LogP contribution in [0.1, 0.15) is 68.1 Å². The number of ether oxygens (including phenoxy) is 7. The molecule has 12 nitrogen and oxygen atoms in total. The lowest BCUT2D eigenvalue weighted by Crippen LogP contribution is -2.06. The minimum Gasteiger partial charge on any atom is -0.508 e. The molecule has 4 aromatic heterocycles. The van der Waals surface area contributed by atoms with E-state index in [2.05, 4.69) is 237 Å². The van der Waals surface area contributed by atoms with E-state index in [9.17, 15) is 5.11 Å². The van der Waals surface area contributed by atoms with Crippen molar-refractivity contribution in [3.8, 4) is 46.0 Å². The second-order valence-corrected chi connectivity index (χ2v) is 26.8. The molecule has 1 N–H and O–H groups in total. The predicted molar refractivity (Wildman–Crippen MR) is 417 cm³/mol. The Bertz CT molecular complexity index is 4790. The number of aromatic hydroxyl groups is 1. The molecule has 0 saturated heterocycles. The van der Waals surface area contributed by atoms with Gasteiger partial charge in [-0.3, -0.25) is 0 Å². The maximum Gasteiger partial charge on any atom is 0.123 e. The quantitative estimate of drug-likeness (QED) is 0.0406. The van der Waals surface area contributed by atoms with Crippen molar-refractivity contribution in [2.24, 2.45) is 0 Å². The first kappa shape index (κ1) is 65.8. The van der Waals surface area contributed by atoms with Crippen LogP contribution in [-0.2, 0) is 46.0 Å². The second-order valence-electron chi connectivity index (χ2n) is 26.8. The summed E-state index contributed by atoms with van der Waals surface area (Å²) in [5.74, 6) is 4.91. The fourth-order valence-electron chi connectivity index (χ4n) is 14.9. The number of hydrogen-bond acceptors (Lipinski definition) is 8. The van der Waals surface area contributed by atoms with Crippen molar-refractivity contribution in [3.63, 3.8) is 0 Å². The summed E-state index contributed by atoms with van der Waals surface area (Å²) in [5, 5.41) is 20.3. The number of nitrogens with zero attached hydrogens (tertiary/aromatic N) is 4. The fraction of sp³-hybridized carbons (Fsp3) is 0.209. The van der Waals surface area contributed by atoms with Crippen LogP contribution in [0, 0.1) is 0 Å². The summed E-state index contributed by atoms with van der Waals surface area (Å²) in [6, 6.07) is 94.3. The number of phenols is 1. The number of hydrogen-bond donors (Lipinski definition) is 1. The van der Waals surface area contributed by atoms with E-state index in [4.69, 9.17) is 33.2 Å². The van der Waals surface area contributed by atoms with Crippen LogP contribution >= 0.6 is 0 Å². The molecule has 16 aromatic rings. The zero-order chi connectivity index (χ0) is 69.1. The average Bonchev–Trinajstić information content (AvgIpc) is 1.64. The van der Waals surface area contributed by atoms with Gasteiger partial charge in [-0.15, -0.1) is 0 Å². The number of unbranched alkanes of at least 4 members (excludes halogenated alkanes) is 4. The number of fused-ring (bicyclic) bond motifs is 12. The molecule has 12 heteroatoms. The Kier molecular flexibility index (Phi) is 19.8. The highest BCUT2D eigenvalue weighted by Crippen LogP contribution is 2.36. The smallest absolute Gasteiger partial charge is 0.123 e. The van der Waals surface area contributed by atoms with Gasteiger partial charge >= 0.3 is 0 Å². The third kappa shape index (κ3) is 14.9. The molecule has 103 heavy (non-hydrogen) atoms. The Morgan fingerprint density at radius 3 is 0.641 bits per heavy atom. The summed E-state index contributed by atoms with van der Waals surface area (Å²) in [6.45, 7) is 6.39. The lowest BCUT2D eigenvalue weighted by atomic mass is 10.2. The molecule has 0 fully saturated rings. The molecule has 0 atom stereocenters. The molecule has 0 amide bonds. The van der Waals surface area contributed by atoms with E-state index in [-0.39, 0.29) is 25.6 Å². The lowest BCUT2D eigenvalue weighted by Gasteiger charge is -2.16. The van der Waals surface area contributed by atoms with E-state index in [0.717, 1.165) is 117 Å². The molecule has 0 saturated carbocycles. The van der Waals surface area contributed by atoms with E-state index in [1.165, 1.54) is 87.2 Å². The lowest BCUT2D eigenvalue weighted by molar-refractivity contribution is 0.273. The van der Waals surface area contributed by atoms with Gasteiger partial charge in [0.05, 0.1) is 26.4 Å². The first-order valence-corrected chi connectivity index (χ1v) is 36.4. The monoisotopic (exact) mass is 1360 g/mol. The van der Waals surface area contributed by atoms with Gasteiger partial charge in [-0.05, 0) is 177 Å². The van der Waals surface area contributed by atoms with Crippen molar-refractivity contribution in [1.29, 1.82) is 0 Å². The standard InChI is InChI=1S/C91H84N4O8/c96-68-41-43-69(44-42-68)101-62-67-57-74(102-63-65-53-70(97-49-21-17-45-92-84-33-9-1-25-76(84)77-26-2-10-34-85(77)92)59-71(54-65)98-50-22-18-46-93-86-35-11-3-27-78(86)79-28-4-12-36-87(79)93)61-75(58-67)103-64-66-55-72(99-51-23-19-47-94-88-37-13-5-29-80(88)81-30-6-14-38-89(81)94)60-73(56-66)100-52-24-20-48-95-90-39-15-7-31-82(90)83-32-8-16-40-91(83)95/h1-16,25-44,53-61,96H,17-24,45-52,62-64H2. The molecular weight excluding hydrogens is 1280 g/mol. The average molecular weight is 1360 g/mol. The molecule has 0 bridgehead atoms. The van der Waals surface area contributed by atoms with Crippen LogP contribution in [0.15, 0.2) is 273 Å². The van der Waals surface area contributed by atoms with Gasteiger partial charge < -0.3 is 56.5 Å². The topological polar surface area (TPSA) is 105 Å². The van der Waals surface area contributed by atoms with Crippen LogP contribution < -0.4 is 33.2 Å². The van der Waals surface area contributed by atoms with E-state index in [1.54, 1.807) is 24.3 Å². The Morgan fingerprint density at radius 1 is 0.204 bits per heavy atom. The Labute approximate surface area is 599 Å². The third-order valence-electron chi connectivity index (χ3n) is 19.8. The molecule has 0 spiro atoms. The van der Waals surface area contributed by atoms with Crippen LogP contribution in [0.5, 0.6) is 46.0 Å². The van der Waals surface area contributed by atoms with Crippen LogP contribution in [0.25, 0.3) is 87.2 Å². The first-order chi connectivity index (χ1) is 51.0. The molecule has 0 aliphatic rings. The number of phenolic OH excluding ortho intramolecular Hbond substituents is 1. The second kappa shape index (κ2) is 31.0. The van der Waals surface area contributed by atoms with Gasteiger partial charge in [-0.1, -0.05) is 146 Å². The zero-order valence-corrected chi connectivity index (χ0v) is 58.0. The Morgan fingerprint density at radius 2 is 0.408 bits per heavy atom. The number of para-hydroxylation sites is 8. The summed E-state index contributed by atoms with van der Waals surface area (Å²) < 4.78 is 56.1. The van der Waals surface area contributed by atoms with Crippen molar-refractivity contribution in [2.45, 2.75) is 97.4 Å². The van der Waals surface area contributed by atoms with Gasteiger partial charge in [0.15, 0.2) is 0 Å². The molecule has 4 heterocycles. The normalized spacial score (nSPS) is 11.7. The van der Waals surface area contributed by atoms with Gasteiger partial charge in [0.1, 0.15) is 65.8 Å². The maximum atomic E-state index is 10.1. The summed E-state index contributed by atoms with van der Waals surface area (Å²) in [7, 11) is 0. The van der Waals surface area contributed by atoms with Crippen molar-refractivity contribution in [1.82, 2.24) is 18.3 Å². The van der Waals surface area contributed by atoms with Crippen molar-refractivity contribution < 1.29 is 38.3 Å². The van der Waals surface area contributed by atoms with Crippen LogP contribution in [-0.4, -0.2) is 49.8 Å². The molecule has 0 radical (unpaired) electrons. The highest BCUT2D eigenvalue weighted by Gasteiger charge is 2.17. The number of aryl methyl sites for hydroxylation is 4. The molecule has 12 aromatic carbocycles. The van der Waals surface area contributed by atoms with E-state index < -0.39 is 0 Å². The van der Waals surface area contributed by atoms with Crippen LogP contribution in [0.2, 0.25) is 0 Å². The fourth-order valence-corrected chi connectivity index (χ4v) is 14.9. The van der Waals surface area contributed by atoms with Crippen molar-refractivity contribution in [2.75, 3.05) is 26.4 Å². The molecule has 0 aliphatic carbocycles. The summed E-state index contributed by atoms with van der Waals surface area (Å²) in [4.78, 5) is 0. The van der Waals surface area contributed by atoms with Gasteiger partial charge in [0, 0.05) is 132 Å². The Hall–Kier alpha value is -11.8. The minimum atomic E-state index is 0.168. The van der Waals surface area contributed by atoms with Crippen LogP contribution in [0.3, 0.4) is 0 Å². The van der Waals surface area contributed by atoms with E-state index in [1.807, 2.05) is 30.3 Å². The number of benzene rings is 12. The predicted octanol–water partition coefficient (Wildman–Crippen LogP) is 22.0. The summed E-state index contributed by atoms with van der Waals surface area (Å²) >= 11 is 0. The van der Waals surface area contributed by atoms with E-state index >= 15 is 0 Å². The number of aromatic nitrogens is 4. The molecule has 516 valence electrons. The molecule has 0 unspecified atom stereocenters. The SMILES string of the molecule is Oc1ccc(OCc2cc(OCc3cc(OCCCCn4c5ccccc5c5ccccc54)cc(OCCCCn4c5ccccc5c5ccccc54)c3)cc(OCc3cc(OCCCCn4c5ccccc5c5ccccc54)cc(OCCCCn4c5ccccc5c5ccccc54)c3)c2)cc1. The molecular formula is C91H84N4O8. The van der Waals surface area contributed by atoms with Gasteiger partial charge in [-0.25, -0.2) is 0 Å². The summed E-state index contributed by atoms with van der Waals surface area (Å²) in [6.07, 6.45) is 7.26. The van der Waals surface area contributed by atoms with E-state index in [0.29, 0.717) is 43.7 Å². The van der Waals surface area contributed by atoms with Crippen LogP contribution in [0.4, 0.5) is 0 Å². The summed E-state index contributed by atoms with van der Waals surface area (Å²) in [5.41, 5.74) is 12.7.